The van der Waals surface area contributed by atoms with Crippen LogP contribution in [-0.2, 0) is 11.2 Å². The molecule has 164 valence electrons. The van der Waals surface area contributed by atoms with Crippen molar-refractivity contribution in [2.75, 3.05) is 24.5 Å². The number of hydrogen-bond acceptors (Lipinski definition) is 5. The number of benzene rings is 1. The maximum Gasteiger partial charge on any atom is 0.299 e. The first-order valence-electron chi connectivity index (χ1n) is 11.8. The quantitative estimate of drug-likeness (QED) is 0.773. The Morgan fingerprint density at radius 1 is 1.17 bits per heavy atom. The molecule has 0 aliphatic carbocycles. The van der Waals surface area contributed by atoms with Gasteiger partial charge in [0.25, 0.3) is 6.01 Å². The van der Waals surface area contributed by atoms with Crippen LogP contribution >= 0.6 is 0 Å². The zero-order chi connectivity index (χ0) is 21.1. The largest absolute Gasteiger partial charge is 0.423 e. The maximum absolute atomic E-state index is 13.1. The number of nitrogens with one attached hydrogen (secondary N) is 1. The molecule has 2 aliphatic heterocycles. The summed E-state index contributed by atoms with van der Waals surface area (Å²) in [5.41, 5.74) is 2.92. The van der Waals surface area contributed by atoms with Gasteiger partial charge in [0.2, 0.25) is 5.91 Å². The number of rotatable bonds is 6. The van der Waals surface area contributed by atoms with Crippen LogP contribution in [0, 0.1) is 0 Å². The van der Waals surface area contributed by atoms with E-state index in [1.807, 2.05) is 6.07 Å². The fourth-order valence-corrected chi connectivity index (χ4v) is 5.08. The summed E-state index contributed by atoms with van der Waals surface area (Å²) < 4.78 is 6.04. The number of amides is 1. The van der Waals surface area contributed by atoms with E-state index in [1.54, 1.807) is 0 Å². The van der Waals surface area contributed by atoms with Crippen LogP contribution in [-0.4, -0.2) is 53.6 Å². The van der Waals surface area contributed by atoms with Crippen LogP contribution in [0.5, 0.6) is 0 Å². The average molecular weight is 413 g/mol. The van der Waals surface area contributed by atoms with Crippen LogP contribution in [0.15, 0.2) is 22.6 Å². The first-order valence-corrected chi connectivity index (χ1v) is 11.8. The summed E-state index contributed by atoms with van der Waals surface area (Å²) in [5, 5.41) is 3.20. The van der Waals surface area contributed by atoms with Gasteiger partial charge in [0, 0.05) is 31.7 Å². The van der Waals surface area contributed by atoms with Gasteiger partial charge in [0.1, 0.15) is 11.6 Å². The number of aryl methyl sites for hydroxylation is 1. The lowest BCUT2D eigenvalue weighted by Crippen LogP contribution is -2.52. The molecule has 30 heavy (non-hydrogen) atoms. The highest BCUT2D eigenvalue weighted by atomic mass is 16.4. The molecule has 0 saturated carbocycles. The van der Waals surface area contributed by atoms with Gasteiger partial charge in [-0.1, -0.05) is 19.4 Å². The minimum atomic E-state index is -0.200. The molecule has 1 aromatic heterocycles. The summed E-state index contributed by atoms with van der Waals surface area (Å²) in [7, 11) is 0. The highest BCUT2D eigenvalue weighted by molar-refractivity contribution is 5.85. The summed E-state index contributed by atoms with van der Waals surface area (Å²) in [5.74, 6) is 0.100. The Bertz CT molecular complexity index is 854. The third-order valence-electron chi connectivity index (χ3n) is 6.95. The number of oxazole rings is 1. The molecule has 3 unspecified atom stereocenters. The van der Waals surface area contributed by atoms with Crippen LogP contribution in [0.4, 0.5) is 6.01 Å². The molecule has 2 fully saturated rings. The number of fused-ring (bicyclic) bond motifs is 1. The first-order chi connectivity index (χ1) is 14.6. The number of aromatic nitrogens is 1. The Hall–Kier alpha value is -2.08. The van der Waals surface area contributed by atoms with Gasteiger partial charge in [0.15, 0.2) is 5.58 Å². The number of carbonyl (C=O) groups excluding carboxylic acids is 1. The Kier molecular flexibility index (Phi) is 6.61. The van der Waals surface area contributed by atoms with Crippen molar-refractivity contribution in [3.05, 3.63) is 23.8 Å². The average Bonchev–Trinajstić information content (AvgIpc) is 3.18. The molecule has 0 spiro atoms. The van der Waals surface area contributed by atoms with Crippen molar-refractivity contribution < 1.29 is 9.21 Å². The minimum Gasteiger partial charge on any atom is -0.423 e. The predicted octanol–water partition coefficient (Wildman–Crippen LogP) is 4.13. The van der Waals surface area contributed by atoms with E-state index in [1.165, 1.54) is 24.8 Å². The van der Waals surface area contributed by atoms with E-state index >= 15 is 0 Å². The van der Waals surface area contributed by atoms with Crippen LogP contribution in [0.1, 0.15) is 64.9 Å². The number of hydrogen-bond donors (Lipinski definition) is 1. The monoisotopic (exact) mass is 412 g/mol. The number of likely N-dealkylation sites (tertiary alicyclic amines) is 1. The standard InChI is InChI=1S/C24H36N4O2/c1-4-19-11-12-22-20(16-19)26-24(30-22)28-14-6-5-10-21(28)23(29)25-13-15-27-17(2)8-7-9-18(27)3/h11-12,16-18,21H,4-10,13-15H2,1-3H3,(H,25,29). The van der Waals surface area contributed by atoms with Gasteiger partial charge in [0.05, 0.1) is 0 Å². The lowest BCUT2D eigenvalue weighted by atomic mass is 9.97. The van der Waals surface area contributed by atoms with E-state index in [9.17, 15) is 4.79 Å². The van der Waals surface area contributed by atoms with Crippen LogP contribution in [0.2, 0.25) is 0 Å². The first kappa shape index (κ1) is 21.2. The van der Waals surface area contributed by atoms with Crippen molar-refractivity contribution >= 4 is 23.0 Å². The second kappa shape index (κ2) is 9.38. The minimum absolute atomic E-state index is 0.100. The van der Waals surface area contributed by atoms with Gasteiger partial charge >= 0.3 is 0 Å². The van der Waals surface area contributed by atoms with E-state index in [0.717, 1.165) is 49.9 Å². The molecule has 1 amide bonds. The van der Waals surface area contributed by atoms with Crippen molar-refractivity contribution in [3.8, 4) is 0 Å². The summed E-state index contributed by atoms with van der Waals surface area (Å²) >= 11 is 0. The highest BCUT2D eigenvalue weighted by Crippen LogP contribution is 2.28. The van der Waals surface area contributed by atoms with E-state index in [-0.39, 0.29) is 11.9 Å². The van der Waals surface area contributed by atoms with Gasteiger partial charge in [-0.3, -0.25) is 9.69 Å². The highest BCUT2D eigenvalue weighted by Gasteiger charge is 2.32. The van der Waals surface area contributed by atoms with E-state index in [0.29, 0.717) is 24.6 Å². The summed E-state index contributed by atoms with van der Waals surface area (Å²) in [4.78, 5) is 22.4. The number of nitrogens with zero attached hydrogens (tertiary/aromatic N) is 3. The Labute approximate surface area is 180 Å². The third kappa shape index (κ3) is 4.48. The fraction of sp³-hybridized carbons (Fsp3) is 0.667. The van der Waals surface area contributed by atoms with Crippen molar-refractivity contribution in [1.29, 1.82) is 0 Å². The topological polar surface area (TPSA) is 61.6 Å². The molecule has 2 aliphatic rings. The van der Waals surface area contributed by atoms with Gasteiger partial charge in [-0.2, -0.15) is 4.98 Å². The summed E-state index contributed by atoms with van der Waals surface area (Å²) in [6, 6.07) is 7.74. The smallest absolute Gasteiger partial charge is 0.299 e. The Morgan fingerprint density at radius 3 is 2.73 bits per heavy atom. The molecule has 6 heteroatoms. The van der Waals surface area contributed by atoms with Crippen molar-refractivity contribution in [3.63, 3.8) is 0 Å². The van der Waals surface area contributed by atoms with Crippen molar-refractivity contribution in [1.82, 2.24) is 15.2 Å². The number of piperidine rings is 2. The second-order valence-electron chi connectivity index (χ2n) is 9.01. The Morgan fingerprint density at radius 2 is 1.97 bits per heavy atom. The number of anilines is 1. The third-order valence-corrected chi connectivity index (χ3v) is 6.95. The SMILES string of the molecule is CCc1ccc2oc(N3CCCCC3C(=O)NCCN3C(C)CCCC3C)nc2c1. The maximum atomic E-state index is 13.1. The van der Waals surface area contributed by atoms with Crippen LogP contribution in [0.3, 0.4) is 0 Å². The zero-order valence-electron chi connectivity index (χ0n) is 18.7. The lowest BCUT2D eigenvalue weighted by Gasteiger charge is -2.39. The van der Waals surface area contributed by atoms with Gasteiger partial charge < -0.3 is 14.6 Å². The van der Waals surface area contributed by atoms with Gasteiger partial charge in [-0.25, -0.2) is 0 Å². The molecule has 0 radical (unpaired) electrons. The summed E-state index contributed by atoms with van der Waals surface area (Å²) in [6.07, 6.45) is 7.77. The molecule has 6 nitrogen and oxygen atoms in total. The molecular formula is C24H36N4O2. The molecule has 0 bridgehead atoms. The fourth-order valence-electron chi connectivity index (χ4n) is 5.08. The van der Waals surface area contributed by atoms with E-state index in [2.05, 4.69) is 48.0 Å². The van der Waals surface area contributed by atoms with Crippen molar-refractivity contribution in [2.45, 2.75) is 83.8 Å². The molecule has 2 aromatic rings. The second-order valence-corrected chi connectivity index (χ2v) is 9.01. The van der Waals surface area contributed by atoms with E-state index in [4.69, 9.17) is 9.40 Å². The lowest BCUT2D eigenvalue weighted by molar-refractivity contribution is -0.123. The van der Waals surface area contributed by atoms with Gasteiger partial charge in [-0.15, -0.1) is 0 Å². The molecule has 1 N–H and O–H groups in total. The Balaban J connectivity index is 1.41. The predicted molar refractivity (Wildman–Crippen MR) is 121 cm³/mol. The van der Waals surface area contributed by atoms with E-state index < -0.39 is 0 Å². The van der Waals surface area contributed by atoms with Crippen LogP contribution in [0.25, 0.3) is 11.1 Å². The normalized spacial score (nSPS) is 25.6. The molecular weight excluding hydrogens is 376 g/mol. The van der Waals surface area contributed by atoms with Crippen LogP contribution < -0.4 is 10.2 Å². The molecule has 2 saturated heterocycles. The number of carbonyl (C=O) groups is 1. The van der Waals surface area contributed by atoms with Gasteiger partial charge in [-0.05, 0) is 70.1 Å². The molecule has 4 rings (SSSR count). The molecule has 3 heterocycles. The zero-order valence-corrected chi connectivity index (χ0v) is 18.7. The van der Waals surface area contributed by atoms with Crippen molar-refractivity contribution in [2.24, 2.45) is 0 Å². The molecule has 3 atom stereocenters. The summed E-state index contributed by atoms with van der Waals surface area (Å²) in [6.45, 7) is 9.17. The molecule has 1 aromatic carbocycles.